The minimum atomic E-state index is 0. The number of hydrogen-bond acceptors (Lipinski definition) is 2. The van der Waals surface area contributed by atoms with Crippen molar-refractivity contribution in [1.82, 2.24) is 0 Å². The summed E-state index contributed by atoms with van der Waals surface area (Å²) in [6, 6.07) is 16.2. The number of hydrogen-bond donors (Lipinski definition) is 0. The van der Waals surface area contributed by atoms with Crippen LogP contribution in [0.5, 0.6) is 0 Å². The van der Waals surface area contributed by atoms with E-state index in [0.29, 0.717) is 0 Å². The molecule has 0 N–H and O–H groups in total. The van der Waals surface area contributed by atoms with E-state index < -0.39 is 0 Å². The fraction of sp³-hybridized carbons (Fsp3) is 0.222. The average Bonchev–Trinajstić information content (AvgIpc) is 2.40. The molecule has 0 saturated heterocycles. The summed E-state index contributed by atoms with van der Waals surface area (Å²) < 4.78 is 0. The number of benzene rings is 2. The van der Waals surface area contributed by atoms with Gasteiger partial charge in [-0.05, 0) is 28.2 Å². The van der Waals surface area contributed by atoms with Gasteiger partial charge in [0.05, 0.1) is 0 Å². The molecule has 0 atom stereocenters. The standard InChI is InChI=1S/2C9H12N.Sm/c2*1-8-6-4-5-7-9(8)10(2)3;/h2*4-7H,1H2,2-3H3;/q2*-1;. The van der Waals surface area contributed by atoms with Crippen LogP contribution in [0, 0.1) is 54.2 Å². The minimum absolute atomic E-state index is 0. The maximum atomic E-state index is 3.90. The zero-order valence-corrected chi connectivity index (χ0v) is 16.0. The molecular weight excluding hydrogens is 395 g/mol. The van der Waals surface area contributed by atoms with Crippen LogP contribution in [0.4, 0.5) is 11.4 Å². The van der Waals surface area contributed by atoms with Crippen LogP contribution in [-0.2, 0) is 0 Å². The summed E-state index contributed by atoms with van der Waals surface area (Å²) in [6.45, 7) is 7.80. The molecule has 114 valence electrons. The maximum Gasteiger partial charge on any atom is 0 e. The normalized spacial score (nSPS) is 8.95. The molecule has 3 heteroatoms. The van der Waals surface area contributed by atoms with Crippen molar-refractivity contribution < 1.29 is 40.4 Å². The van der Waals surface area contributed by atoms with Gasteiger partial charge in [-0.15, -0.1) is 12.1 Å². The van der Waals surface area contributed by atoms with Crippen LogP contribution in [0.2, 0.25) is 0 Å². The molecule has 0 saturated carbocycles. The SMILES string of the molecule is [CH2-]c1ccccc1N(C)C.[CH2-]c1ccccc1N(C)C.[Sm]. The minimum Gasteiger partial charge on any atom is -0.428 e. The van der Waals surface area contributed by atoms with Crippen LogP contribution in [0.15, 0.2) is 48.5 Å². The summed E-state index contributed by atoms with van der Waals surface area (Å²) in [5, 5.41) is 0. The molecule has 0 aliphatic rings. The van der Waals surface area contributed by atoms with Gasteiger partial charge in [0.25, 0.3) is 0 Å². The van der Waals surface area contributed by atoms with Crippen molar-refractivity contribution >= 4 is 11.4 Å². The Kier molecular flexibility index (Phi) is 9.53. The van der Waals surface area contributed by atoms with E-state index in [1.807, 2.05) is 64.6 Å². The Morgan fingerprint density at radius 2 is 0.905 bits per heavy atom. The number of rotatable bonds is 2. The van der Waals surface area contributed by atoms with Crippen LogP contribution in [0.3, 0.4) is 0 Å². The van der Waals surface area contributed by atoms with E-state index in [4.69, 9.17) is 0 Å². The monoisotopic (exact) mass is 420 g/mol. The Labute approximate surface area is 162 Å². The summed E-state index contributed by atoms with van der Waals surface area (Å²) >= 11 is 0. The van der Waals surface area contributed by atoms with Gasteiger partial charge in [0, 0.05) is 40.4 Å². The first kappa shape index (κ1) is 20.1. The van der Waals surface area contributed by atoms with Crippen molar-refractivity contribution in [3.63, 3.8) is 0 Å². The maximum absolute atomic E-state index is 3.90. The molecule has 0 aromatic heterocycles. The smallest absolute Gasteiger partial charge is 0 e. The fourth-order valence-electron chi connectivity index (χ4n) is 1.89. The van der Waals surface area contributed by atoms with Gasteiger partial charge in [0.1, 0.15) is 0 Å². The van der Waals surface area contributed by atoms with Crippen molar-refractivity contribution in [2.75, 3.05) is 38.0 Å². The molecule has 2 nitrogen and oxygen atoms in total. The van der Waals surface area contributed by atoms with Crippen molar-refractivity contribution in [2.45, 2.75) is 0 Å². The van der Waals surface area contributed by atoms with Crippen molar-refractivity contribution in [3.05, 3.63) is 73.5 Å². The first-order chi connectivity index (χ1) is 9.43. The zero-order valence-electron chi connectivity index (χ0n) is 13.3. The van der Waals surface area contributed by atoms with Gasteiger partial charge >= 0.3 is 0 Å². The summed E-state index contributed by atoms with van der Waals surface area (Å²) in [5.74, 6) is 0. The van der Waals surface area contributed by atoms with Gasteiger partial charge in [-0.3, -0.25) is 0 Å². The van der Waals surface area contributed by atoms with Crippen LogP contribution in [0.1, 0.15) is 11.1 Å². The zero-order chi connectivity index (χ0) is 15.1. The molecule has 0 amide bonds. The Balaban J connectivity index is 0.000000364. The largest absolute Gasteiger partial charge is 0.428 e. The summed E-state index contributed by atoms with van der Waals surface area (Å²) in [7, 11) is 8.07. The second-order valence-electron chi connectivity index (χ2n) is 5.05. The van der Waals surface area contributed by atoms with E-state index in [1.165, 1.54) is 11.4 Å². The molecule has 0 fully saturated rings. The molecule has 2 aromatic rings. The molecule has 2 rings (SSSR count). The second kappa shape index (κ2) is 9.95. The van der Waals surface area contributed by atoms with E-state index in [0.717, 1.165) is 11.1 Å². The number of anilines is 2. The quantitative estimate of drug-likeness (QED) is 0.683. The summed E-state index contributed by atoms with van der Waals surface area (Å²) in [4.78, 5) is 4.12. The van der Waals surface area contributed by atoms with Gasteiger partial charge in [0.15, 0.2) is 0 Å². The van der Waals surface area contributed by atoms with Gasteiger partial charge in [-0.1, -0.05) is 35.6 Å². The third-order valence-electron chi connectivity index (χ3n) is 2.95. The fourth-order valence-corrected chi connectivity index (χ4v) is 1.89. The van der Waals surface area contributed by atoms with Gasteiger partial charge < -0.3 is 9.80 Å². The topological polar surface area (TPSA) is 6.48 Å². The average molecular weight is 419 g/mol. The first-order valence-electron chi connectivity index (χ1n) is 6.60. The number of para-hydroxylation sites is 2. The van der Waals surface area contributed by atoms with Gasteiger partial charge in [-0.2, -0.15) is 37.1 Å². The van der Waals surface area contributed by atoms with Crippen molar-refractivity contribution in [2.24, 2.45) is 0 Å². The first-order valence-corrected chi connectivity index (χ1v) is 6.60. The van der Waals surface area contributed by atoms with E-state index in [2.05, 4.69) is 35.8 Å². The van der Waals surface area contributed by atoms with E-state index in [1.54, 1.807) is 0 Å². The summed E-state index contributed by atoms with van der Waals surface area (Å²) in [6.07, 6.45) is 0. The third-order valence-corrected chi connectivity index (χ3v) is 2.95. The Hall–Kier alpha value is -0.882. The van der Waals surface area contributed by atoms with Crippen LogP contribution >= 0.6 is 0 Å². The van der Waals surface area contributed by atoms with Gasteiger partial charge in [0.2, 0.25) is 0 Å². The van der Waals surface area contributed by atoms with Crippen molar-refractivity contribution in [1.29, 1.82) is 0 Å². The predicted octanol–water partition coefficient (Wildman–Crippen LogP) is 3.87. The Morgan fingerprint density at radius 3 is 1.10 bits per heavy atom. The van der Waals surface area contributed by atoms with E-state index in [9.17, 15) is 0 Å². The van der Waals surface area contributed by atoms with Crippen LogP contribution in [-0.4, -0.2) is 28.2 Å². The Morgan fingerprint density at radius 1 is 0.619 bits per heavy atom. The molecule has 0 aliphatic carbocycles. The molecule has 0 spiro atoms. The molecule has 2 aromatic carbocycles. The second-order valence-corrected chi connectivity index (χ2v) is 5.05. The Bertz CT molecular complexity index is 487. The van der Waals surface area contributed by atoms with Gasteiger partial charge in [-0.25, -0.2) is 0 Å². The molecule has 0 bridgehead atoms. The number of nitrogens with zero attached hydrogens (tertiary/aromatic N) is 2. The van der Waals surface area contributed by atoms with E-state index in [-0.39, 0.29) is 40.4 Å². The van der Waals surface area contributed by atoms with Crippen LogP contribution < -0.4 is 9.80 Å². The molecule has 21 heavy (non-hydrogen) atoms. The molecular formula is C18H24N2Sm-2. The van der Waals surface area contributed by atoms with Crippen LogP contribution in [0.25, 0.3) is 0 Å². The molecule has 0 aliphatic heterocycles. The van der Waals surface area contributed by atoms with Crippen molar-refractivity contribution in [3.8, 4) is 0 Å². The third kappa shape index (κ3) is 6.61. The predicted molar refractivity (Wildman–Crippen MR) is 90.5 cm³/mol. The molecule has 0 radical (unpaired) electrons. The van der Waals surface area contributed by atoms with E-state index >= 15 is 0 Å². The molecule has 0 unspecified atom stereocenters. The summed E-state index contributed by atoms with van der Waals surface area (Å²) in [5.41, 5.74) is 4.52. The molecule has 0 heterocycles.